The highest BCUT2D eigenvalue weighted by molar-refractivity contribution is 8.00. The average molecular weight is 390 g/mol. The molecule has 0 aliphatic rings. The number of esters is 1. The molecule has 1 amide bonds. The molecule has 0 aliphatic carbocycles. The second kappa shape index (κ2) is 10.1. The number of carbonyl (C=O) groups excluding carboxylic acids is 2. The topological polar surface area (TPSA) is 67.8 Å². The van der Waals surface area contributed by atoms with Crippen LogP contribution in [0, 0.1) is 0 Å². The summed E-state index contributed by atoms with van der Waals surface area (Å²) < 4.78 is 5.32. The normalized spacial score (nSPS) is 10.6. The number of nitrogens with zero attached hydrogens (tertiary/aromatic N) is 1. The van der Waals surface area contributed by atoms with Gasteiger partial charge in [0.2, 0.25) is 5.91 Å². The van der Waals surface area contributed by atoms with Gasteiger partial charge in [0, 0.05) is 4.90 Å². The van der Waals surface area contributed by atoms with E-state index in [-0.39, 0.29) is 11.7 Å². The monoisotopic (exact) mass is 390 g/mol. The van der Waals surface area contributed by atoms with Crippen LogP contribution in [0.4, 0.5) is 0 Å². The van der Waals surface area contributed by atoms with Gasteiger partial charge in [-0.05, 0) is 54.1 Å². The van der Waals surface area contributed by atoms with Crippen LogP contribution >= 0.6 is 11.8 Å². The number of benzene rings is 3. The SMILES string of the molecule is O=C(CSc1ccccc1)N/N=C\c1ccc(OC(=O)c2ccccc2)cc1. The van der Waals surface area contributed by atoms with E-state index in [1.165, 1.54) is 18.0 Å². The molecule has 0 saturated heterocycles. The molecule has 0 aliphatic heterocycles. The first kappa shape index (κ1) is 19.4. The van der Waals surface area contributed by atoms with E-state index in [2.05, 4.69) is 10.5 Å². The minimum atomic E-state index is -0.412. The molecule has 0 unspecified atom stereocenters. The molecule has 0 fully saturated rings. The Hall–Kier alpha value is -3.38. The fourth-order valence-electron chi connectivity index (χ4n) is 2.24. The Morgan fingerprint density at radius 1 is 0.893 bits per heavy atom. The molecule has 140 valence electrons. The van der Waals surface area contributed by atoms with Crippen molar-refractivity contribution in [3.63, 3.8) is 0 Å². The lowest BCUT2D eigenvalue weighted by Gasteiger charge is -2.04. The van der Waals surface area contributed by atoms with Crippen LogP contribution in [0.15, 0.2) is 94.9 Å². The van der Waals surface area contributed by atoms with Gasteiger partial charge in [-0.3, -0.25) is 4.79 Å². The maximum Gasteiger partial charge on any atom is 0.343 e. The first-order chi connectivity index (χ1) is 13.7. The van der Waals surface area contributed by atoms with Crippen LogP contribution < -0.4 is 10.2 Å². The highest BCUT2D eigenvalue weighted by Crippen LogP contribution is 2.16. The van der Waals surface area contributed by atoms with Crippen molar-refractivity contribution >= 4 is 29.9 Å². The zero-order chi connectivity index (χ0) is 19.6. The quantitative estimate of drug-likeness (QED) is 0.216. The fraction of sp³-hybridized carbons (Fsp3) is 0.0455. The van der Waals surface area contributed by atoms with E-state index in [4.69, 9.17) is 4.74 Å². The number of amides is 1. The zero-order valence-electron chi connectivity index (χ0n) is 14.9. The van der Waals surface area contributed by atoms with Crippen LogP contribution in [-0.2, 0) is 4.79 Å². The van der Waals surface area contributed by atoms with Crippen molar-refractivity contribution in [2.45, 2.75) is 4.90 Å². The smallest absolute Gasteiger partial charge is 0.343 e. The van der Waals surface area contributed by atoms with E-state index in [0.717, 1.165) is 10.5 Å². The molecule has 0 spiro atoms. The third-order valence-electron chi connectivity index (χ3n) is 3.62. The van der Waals surface area contributed by atoms with Gasteiger partial charge in [-0.15, -0.1) is 11.8 Å². The highest BCUT2D eigenvalue weighted by atomic mass is 32.2. The molecule has 3 aromatic carbocycles. The van der Waals surface area contributed by atoms with Crippen molar-refractivity contribution in [1.29, 1.82) is 0 Å². The fourth-order valence-corrected chi connectivity index (χ4v) is 2.95. The van der Waals surface area contributed by atoms with Crippen molar-refractivity contribution in [2.24, 2.45) is 5.10 Å². The highest BCUT2D eigenvalue weighted by Gasteiger charge is 2.07. The van der Waals surface area contributed by atoms with Gasteiger partial charge in [0.25, 0.3) is 0 Å². The second-order valence-corrected chi connectivity index (χ2v) is 6.77. The third kappa shape index (κ3) is 6.10. The molecule has 1 N–H and O–H groups in total. The van der Waals surface area contributed by atoms with Gasteiger partial charge in [0.15, 0.2) is 0 Å². The van der Waals surface area contributed by atoms with E-state index in [9.17, 15) is 9.59 Å². The number of nitrogens with one attached hydrogen (secondary N) is 1. The number of thioether (sulfide) groups is 1. The summed E-state index contributed by atoms with van der Waals surface area (Å²) in [6.07, 6.45) is 1.54. The Morgan fingerprint density at radius 2 is 1.54 bits per heavy atom. The van der Waals surface area contributed by atoms with Gasteiger partial charge in [0.1, 0.15) is 5.75 Å². The van der Waals surface area contributed by atoms with Crippen LogP contribution in [0.25, 0.3) is 0 Å². The van der Waals surface area contributed by atoms with E-state index < -0.39 is 5.97 Å². The lowest BCUT2D eigenvalue weighted by Crippen LogP contribution is -2.19. The van der Waals surface area contributed by atoms with Gasteiger partial charge >= 0.3 is 5.97 Å². The standard InChI is InChI=1S/C22H18N2O3S/c25-21(16-28-20-9-5-2-6-10-20)24-23-15-17-11-13-19(14-12-17)27-22(26)18-7-3-1-4-8-18/h1-15H,16H2,(H,24,25)/b23-15-. The summed E-state index contributed by atoms with van der Waals surface area (Å²) in [7, 11) is 0. The van der Waals surface area contributed by atoms with Gasteiger partial charge in [-0.1, -0.05) is 36.4 Å². The molecule has 0 saturated carbocycles. The Labute approximate surface area is 167 Å². The molecule has 28 heavy (non-hydrogen) atoms. The predicted molar refractivity (Wildman–Crippen MR) is 111 cm³/mol. The molecule has 3 aromatic rings. The van der Waals surface area contributed by atoms with Crippen molar-refractivity contribution in [1.82, 2.24) is 5.43 Å². The Balaban J connectivity index is 1.46. The second-order valence-electron chi connectivity index (χ2n) is 5.72. The van der Waals surface area contributed by atoms with E-state index in [1.807, 2.05) is 36.4 Å². The maximum atomic E-state index is 12.0. The summed E-state index contributed by atoms with van der Waals surface area (Å²) in [5.74, 6) is 0.133. The Morgan fingerprint density at radius 3 is 2.21 bits per heavy atom. The number of rotatable bonds is 7. The van der Waals surface area contributed by atoms with Crippen LogP contribution in [0.2, 0.25) is 0 Å². The van der Waals surface area contributed by atoms with Crippen molar-refractivity contribution in [2.75, 3.05) is 5.75 Å². The summed E-state index contributed by atoms with van der Waals surface area (Å²) in [4.78, 5) is 24.9. The average Bonchev–Trinajstić information content (AvgIpc) is 2.75. The van der Waals surface area contributed by atoms with Crippen molar-refractivity contribution in [3.05, 3.63) is 96.1 Å². The molecule has 0 atom stereocenters. The van der Waals surface area contributed by atoms with Crippen molar-refractivity contribution < 1.29 is 14.3 Å². The van der Waals surface area contributed by atoms with Gasteiger partial charge in [0.05, 0.1) is 17.5 Å². The number of hydrazone groups is 1. The van der Waals surface area contributed by atoms with E-state index in [0.29, 0.717) is 11.3 Å². The summed E-state index contributed by atoms with van der Waals surface area (Å²) in [5, 5.41) is 3.95. The van der Waals surface area contributed by atoms with Gasteiger partial charge < -0.3 is 4.74 Å². The van der Waals surface area contributed by atoms with Gasteiger partial charge in [-0.2, -0.15) is 5.10 Å². The van der Waals surface area contributed by atoms with E-state index >= 15 is 0 Å². The van der Waals surface area contributed by atoms with E-state index in [1.54, 1.807) is 48.5 Å². The zero-order valence-corrected chi connectivity index (χ0v) is 15.8. The summed E-state index contributed by atoms with van der Waals surface area (Å²) in [6, 6.07) is 25.3. The maximum absolute atomic E-state index is 12.0. The summed E-state index contributed by atoms with van der Waals surface area (Å²) >= 11 is 1.45. The number of ether oxygens (including phenoxy) is 1. The molecule has 0 radical (unpaired) electrons. The van der Waals surface area contributed by atoms with Crippen molar-refractivity contribution in [3.8, 4) is 5.75 Å². The lowest BCUT2D eigenvalue weighted by atomic mass is 10.2. The summed E-state index contributed by atoms with van der Waals surface area (Å²) in [5.41, 5.74) is 3.76. The molecule has 3 rings (SSSR count). The van der Waals surface area contributed by atoms with Crippen LogP contribution in [0.3, 0.4) is 0 Å². The number of hydrogen-bond acceptors (Lipinski definition) is 5. The molecule has 5 nitrogen and oxygen atoms in total. The van der Waals surface area contributed by atoms with Crippen LogP contribution in [0.1, 0.15) is 15.9 Å². The Kier molecular flexibility index (Phi) is 6.98. The third-order valence-corrected chi connectivity index (χ3v) is 4.63. The van der Waals surface area contributed by atoms with Crippen LogP contribution in [0.5, 0.6) is 5.75 Å². The molecular formula is C22H18N2O3S. The molecule has 0 bridgehead atoms. The predicted octanol–water partition coefficient (Wildman–Crippen LogP) is 4.15. The van der Waals surface area contributed by atoms with Gasteiger partial charge in [-0.25, -0.2) is 10.2 Å². The molecule has 0 heterocycles. The first-order valence-electron chi connectivity index (χ1n) is 8.58. The first-order valence-corrected chi connectivity index (χ1v) is 9.56. The lowest BCUT2D eigenvalue weighted by molar-refractivity contribution is -0.118. The largest absolute Gasteiger partial charge is 0.423 e. The molecular weight excluding hydrogens is 372 g/mol. The minimum absolute atomic E-state index is 0.182. The molecule has 6 heteroatoms. The summed E-state index contributed by atoms with van der Waals surface area (Å²) in [6.45, 7) is 0. The van der Waals surface area contributed by atoms with Crippen LogP contribution in [-0.4, -0.2) is 23.8 Å². The number of carbonyl (C=O) groups is 2. The Bertz CT molecular complexity index is 943. The molecule has 0 aromatic heterocycles. The minimum Gasteiger partial charge on any atom is -0.423 e. The number of hydrogen-bond donors (Lipinski definition) is 1.